The second-order valence-corrected chi connectivity index (χ2v) is 3.12. The Morgan fingerprint density at radius 2 is 2.11 bits per heavy atom. The maximum Gasteiger partial charge on any atom is 0.311 e. The van der Waals surface area contributed by atoms with Crippen LogP contribution in [0, 0.1) is 23.2 Å². The number of Topliss-reactive ketones (excluding diaryl/α,β-unsaturated/α-hetero) is 1. The number of ketones is 1. The van der Waals surface area contributed by atoms with Crippen LogP contribution in [0.15, 0.2) is 0 Å². The van der Waals surface area contributed by atoms with Crippen LogP contribution < -0.4 is 0 Å². The molecule has 0 spiro atoms. The number of aliphatic carboxylic acids is 1. The third kappa shape index (κ3) is 0.153. The quantitative estimate of drug-likeness (QED) is 0.513. The van der Waals surface area contributed by atoms with Gasteiger partial charge in [-0.15, -0.1) is 0 Å². The van der Waals surface area contributed by atoms with E-state index in [0.29, 0.717) is 0 Å². The van der Waals surface area contributed by atoms with Gasteiger partial charge >= 0.3 is 5.97 Å². The maximum absolute atomic E-state index is 10.5. The number of carbonyl (C=O) groups is 2. The molecule has 4 saturated carbocycles. The Bertz CT molecular complexity index is 241. The molecule has 0 aromatic carbocycles. The van der Waals surface area contributed by atoms with Gasteiger partial charge in [-0.1, -0.05) is 0 Å². The van der Waals surface area contributed by atoms with Crippen molar-refractivity contribution >= 4 is 11.8 Å². The SMILES string of the molecule is O=C1C2C3C1C23C(=O)O. The summed E-state index contributed by atoms with van der Waals surface area (Å²) in [6, 6.07) is 0. The smallest absolute Gasteiger partial charge is 0.311 e. The Balaban J connectivity index is 2.03. The van der Waals surface area contributed by atoms with Crippen molar-refractivity contribution in [2.24, 2.45) is 23.2 Å². The molecule has 0 amide bonds. The summed E-state index contributed by atoms with van der Waals surface area (Å²) in [6.45, 7) is 0. The van der Waals surface area contributed by atoms with Gasteiger partial charge in [0.2, 0.25) is 0 Å². The van der Waals surface area contributed by atoms with Crippen molar-refractivity contribution in [1.82, 2.24) is 0 Å². The average molecular weight is 124 g/mol. The monoisotopic (exact) mass is 124 g/mol. The molecular formula is C6H4O3. The fraction of sp³-hybridized carbons (Fsp3) is 0.667. The van der Waals surface area contributed by atoms with Gasteiger partial charge in [0, 0.05) is 11.8 Å². The van der Waals surface area contributed by atoms with Gasteiger partial charge < -0.3 is 5.11 Å². The lowest BCUT2D eigenvalue weighted by Gasteiger charge is -2.25. The van der Waals surface area contributed by atoms with Crippen molar-refractivity contribution in [1.29, 1.82) is 0 Å². The molecule has 0 aromatic rings. The summed E-state index contributed by atoms with van der Waals surface area (Å²) in [6.07, 6.45) is 0. The number of carboxylic acids is 1. The zero-order chi connectivity index (χ0) is 6.39. The molecule has 4 fully saturated rings. The van der Waals surface area contributed by atoms with Gasteiger partial charge in [-0.3, -0.25) is 9.59 Å². The highest BCUT2D eigenvalue weighted by Gasteiger charge is 3.04. The molecule has 0 aliphatic heterocycles. The van der Waals surface area contributed by atoms with Gasteiger partial charge in [0.1, 0.15) is 5.78 Å². The highest BCUT2D eigenvalue weighted by atomic mass is 16.4. The van der Waals surface area contributed by atoms with Crippen molar-refractivity contribution < 1.29 is 14.7 Å². The highest BCUT2D eigenvalue weighted by Crippen LogP contribution is 2.94. The van der Waals surface area contributed by atoms with E-state index in [2.05, 4.69) is 0 Å². The molecule has 2 bridgehead atoms. The van der Waals surface area contributed by atoms with Gasteiger partial charge in [-0.05, 0) is 5.92 Å². The molecule has 0 radical (unpaired) electrons. The number of carbonyl (C=O) groups excluding carboxylic acids is 1. The molecule has 4 rings (SSSR count). The highest BCUT2D eigenvalue weighted by molar-refractivity contribution is 6.18. The van der Waals surface area contributed by atoms with Crippen molar-refractivity contribution in [2.75, 3.05) is 0 Å². The van der Waals surface area contributed by atoms with Crippen LogP contribution in [-0.2, 0) is 9.59 Å². The minimum absolute atomic E-state index is 0.0417. The Kier molecular flexibility index (Phi) is 0.298. The molecule has 4 aliphatic carbocycles. The zero-order valence-electron chi connectivity index (χ0n) is 4.50. The number of carboxylic acid groups (broad SMARTS) is 1. The number of rotatable bonds is 1. The van der Waals surface area contributed by atoms with Gasteiger partial charge in [0.15, 0.2) is 0 Å². The predicted octanol–water partition coefficient (Wildman–Crippen LogP) is -0.484. The summed E-state index contributed by atoms with van der Waals surface area (Å²) in [5.74, 6) is -0.355. The molecule has 9 heavy (non-hydrogen) atoms. The molecule has 3 heteroatoms. The summed E-state index contributed by atoms with van der Waals surface area (Å²) >= 11 is 0. The zero-order valence-corrected chi connectivity index (χ0v) is 4.50. The van der Waals surface area contributed by atoms with Gasteiger partial charge in [-0.25, -0.2) is 0 Å². The van der Waals surface area contributed by atoms with Gasteiger partial charge in [0.25, 0.3) is 0 Å². The van der Waals surface area contributed by atoms with E-state index in [-0.39, 0.29) is 23.5 Å². The molecular weight excluding hydrogens is 120 g/mol. The van der Waals surface area contributed by atoms with Crippen LogP contribution in [0.4, 0.5) is 0 Å². The number of hydrogen-bond donors (Lipinski definition) is 1. The fourth-order valence-electron chi connectivity index (χ4n) is 2.35. The summed E-state index contributed by atoms with van der Waals surface area (Å²) < 4.78 is 0. The van der Waals surface area contributed by atoms with E-state index >= 15 is 0 Å². The lowest BCUT2D eigenvalue weighted by Crippen LogP contribution is -2.41. The third-order valence-electron chi connectivity index (χ3n) is 3.06. The van der Waals surface area contributed by atoms with E-state index in [1.807, 2.05) is 0 Å². The van der Waals surface area contributed by atoms with Crippen LogP contribution in [-0.4, -0.2) is 16.9 Å². The number of hydrogen-bond acceptors (Lipinski definition) is 2. The van der Waals surface area contributed by atoms with Gasteiger partial charge in [-0.2, -0.15) is 0 Å². The Morgan fingerprint density at radius 1 is 1.56 bits per heavy atom. The van der Waals surface area contributed by atoms with Crippen LogP contribution in [0.3, 0.4) is 0 Å². The van der Waals surface area contributed by atoms with E-state index in [9.17, 15) is 9.59 Å². The van der Waals surface area contributed by atoms with Crippen LogP contribution in [0.1, 0.15) is 0 Å². The van der Waals surface area contributed by atoms with E-state index in [1.165, 1.54) is 0 Å². The van der Waals surface area contributed by atoms with E-state index in [1.54, 1.807) is 0 Å². The van der Waals surface area contributed by atoms with Crippen LogP contribution in [0.2, 0.25) is 0 Å². The first-order chi connectivity index (χ1) is 4.22. The third-order valence-corrected chi connectivity index (χ3v) is 3.06. The topological polar surface area (TPSA) is 54.4 Å². The van der Waals surface area contributed by atoms with Crippen LogP contribution >= 0.6 is 0 Å². The summed E-state index contributed by atoms with van der Waals surface area (Å²) in [5.41, 5.74) is -0.489. The van der Waals surface area contributed by atoms with Crippen molar-refractivity contribution in [2.45, 2.75) is 0 Å². The molecule has 3 nitrogen and oxygen atoms in total. The molecule has 2 atom stereocenters. The Labute approximate surface area is 50.7 Å². The molecule has 2 unspecified atom stereocenters. The molecule has 46 valence electrons. The molecule has 0 aromatic heterocycles. The van der Waals surface area contributed by atoms with Crippen molar-refractivity contribution in [3.05, 3.63) is 0 Å². The minimum Gasteiger partial charge on any atom is -0.481 e. The lowest BCUT2D eigenvalue weighted by molar-refractivity contribution is -0.152. The standard InChI is InChI=1S/C6H4O3/c7-4-2-1-3(4)6(1,2)5(8)9/h1-3H,(H,8,9). The minimum atomic E-state index is -0.748. The normalized spacial score (nSPS) is 64.0. The van der Waals surface area contributed by atoms with E-state index < -0.39 is 11.4 Å². The lowest BCUT2D eigenvalue weighted by atomic mass is 9.75. The molecule has 1 N–H and O–H groups in total. The summed E-state index contributed by atoms with van der Waals surface area (Å²) in [4.78, 5) is 20.9. The average Bonchev–Trinajstić information content (AvgIpc) is 2.43. The second kappa shape index (κ2) is 0.664. The van der Waals surface area contributed by atoms with Crippen LogP contribution in [0.5, 0.6) is 0 Å². The van der Waals surface area contributed by atoms with Gasteiger partial charge in [0.05, 0.1) is 5.41 Å². The van der Waals surface area contributed by atoms with Crippen molar-refractivity contribution in [3.63, 3.8) is 0 Å². The van der Waals surface area contributed by atoms with Crippen molar-refractivity contribution in [3.8, 4) is 0 Å². The molecule has 0 saturated heterocycles. The largest absolute Gasteiger partial charge is 0.481 e. The maximum atomic E-state index is 10.5. The Hall–Kier alpha value is -0.860. The van der Waals surface area contributed by atoms with E-state index in [0.717, 1.165) is 0 Å². The first kappa shape index (κ1) is 4.04. The fourth-order valence-corrected chi connectivity index (χ4v) is 2.35. The molecule has 4 aliphatic rings. The second-order valence-electron chi connectivity index (χ2n) is 3.12. The first-order valence-corrected chi connectivity index (χ1v) is 2.99. The molecule has 0 heterocycles. The predicted molar refractivity (Wildman–Crippen MR) is 25.5 cm³/mol. The summed E-state index contributed by atoms with van der Waals surface area (Å²) in [5, 5.41) is 8.52. The Morgan fingerprint density at radius 3 is 2.22 bits per heavy atom. The first-order valence-electron chi connectivity index (χ1n) is 2.99. The van der Waals surface area contributed by atoms with Crippen LogP contribution in [0.25, 0.3) is 0 Å². The summed E-state index contributed by atoms with van der Waals surface area (Å²) in [7, 11) is 0. The van der Waals surface area contributed by atoms with E-state index in [4.69, 9.17) is 5.11 Å².